The van der Waals surface area contributed by atoms with E-state index in [1.807, 2.05) is 6.92 Å². The SMILES string of the molecule is CCCC[C@@H](NC(=O)c1ccc(F)cc1F)C(=O)O. The zero-order valence-electron chi connectivity index (χ0n) is 10.5. The van der Waals surface area contributed by atoms with Gasteiger partial charge in [0, 0.05) is 6.07 Å². The Morgan fingerprint density at radius 1 is 1.37 bits per heavy atom. The van der Waals surface area contributed by atoms with Crippen LogP contribution in [0.15, 0.2) is 18.2 Å². The molecule has 0 saturated carbocycles. The van der Waals surface area contributed by atoms with Crippen LogP contribution in [0.25, 0.3) is 0 Å². The van der Waals surface area contributed by atoms with E-state index in [4.69, 9.17) is 5.11 Å². The largest absolute Gasteiger partial charge is 0.480 e. The van der Waals surface area contributed by atoms with Gasteiger partial charge in [-0.05, 0) is 18.6 Å². The maximum Gasteiger partial charge on any atom is 0.326 e. The Hall–Kier alpha value is -1.98. The van der Waals surface area contributed by atoms with Crippen LogP contribution in [0.4, 0.5) is 8.78 Å². The maximum atomic E-state index is 13.4. The third-order valence-corrected chi connectivity index (χ3v) is 2.63. The predicted molar refractivity (Wildman–Crippen MR) is 64.8 cm³/mol. The van der Waals surface area contributed by atoms with E-state index in [0.717, 1.165) is 18.6 Å². The molecule has 0 unspecified atom stereocenters. The molecule has 1 rings (SSSR count). The highest BCUT2D eigenvalue weighted by Gasteiger charge is 2.21. The number of nitrogens with one attached hydrogen (secondary N) is 1. The van der Waals surface area contributed by atoms with Crippen LogP contribution in [0.1, 0.15) is 36.5 Å². The quantitative estimate of drug-likeness (QED) is 0.834. The van der Waals surface area contributed by atoms with Gasteiger partial charge in [-0.25, -0.2) is 13.6 Å². The summed E-state index contributed by atoms with van der Waals surface area (Å²) in [7, 11) is 0. The topological polar surface area (TPSA) is 66.4 Å². The van der Waals surface area contributed by atoms with Gasteiger partial charge in [0.05, 0.1) is 5.56 Å². The Balaban J connectivity index is 2.78. The van der Waals surface area contributed by atoms with E-state index in [-0.39, 0.29) is 12.0 Å². The van der Waals surface area contributed by atoms with Gasteiger partial charge in [0.25, 0.3) is 5.91 Å². The van der Waals surface area contributed by atoms with E-state index >= 15 is 0 Å². The number of benzene rings is 1. The summed E-state index contributed by atoms with van der Waals surface area (Å²) in [6, 6.07) is 1.44. The van der Waals surface area contributed by atoms with Gasteiger partial charge in [-0.1, -0.05) is 19.8 Å². The van der Waals surface area contributed by atoms with Gasteiger partial charge in [0.1, 0.15) is 17.7 Å². The third-order valence-electron chi connectivity index (χ3n) is 2.63. The molecule has 0 aromatic heterocycles. The Morgan fingerprint density at radius 3 is 2.58 bits per heavy atom. The average molecular weight is 271 g/mol. The molecule has 1 amide bonds. The second-order valence-corrected chi connectivity index (χ2v) is 4.13. The smallest absolute Gasteiger partial charge is 0.326 e. The highest BCUT2D eigenvalue weighted by Crippen LogP contribution is 2.10. The Bertz CT molecular complexity index is 477. The summed E-state index contributed by atoms with van der Waals surface area (Å²) < 4.78 is 26.1. The Morgan fingerprint density at radius 2 is 2.05 bits per heavy atom. The van der Waals surface area contributed by atoms with Crippen LogP contribution < -0.4 is 5.32 Å². The number of amides is 1. The van der Waals surface area contributed by atoms with Gasteiger partial charge >= 0.3 is 5.97 Å². The molecular weight excluding hydrogens is 256 g/mol. The second-order valence-electron chi connectivity index (χ2n) is 4.13. The van der Waals surface area contributed by atoms with Crippen LogP contribution in [0.3, 0.4) is 0 Å². The number of halogens is 2. The van der Waals surface area contributed by atoms with Crippen LogP contribution in [-0.2, 0) is 4.79 Å². The molecule has 1 aromatic rings. The van der Waals surface area contributed by atoms with Crippen molar-refractivity contribution < 1.29 is 23.5 Å². The molecular formula is C13H15F2NO3. The molecule has 0 spiro atoms. The van der Waals surface area contributed by atoms with Crippen LogP contribution in [-0.4, -0.2) is 23.0 Å². The lowest BCUT2D eigenvalue weighted by atomic mass is 10.1. The van der Waals surface area contributed by atoms with Gasteiger partial charge in [-0.3, -0.25) is 4.79 Å². The van der Waals surface area contributed by atoms with Crippen molar-refractivity contribution in [2.75, 3.05) is 0 Å². The molecule has 19 heavy (non-hydrogen) atoms. The minimum atomic E-state index is -1.18. The lowest BCUT2D eigenvalue weighted by Crippen LogP contribution is -2.41. The number of hydrogen-bond acceptors (Lipinski definition) is 2. The second kappa shape index (κ2) is 6.82. The Labute approximate surface area is 109 Å². The van der Waals surface area contributed by atoms with E-state index in [1.54, 1.807) is 0 Å². The normalized spacial score (nSPS) is 11.9. The monoisotopic (exact) mass is 271 g/mol. The van der Waals surface area contributed by atoms with Gasteiger partial charge in [0.15, 0.2) is 0 Å². The lowest BCUT2D eigenvalue weighted by Gasteiger charge is -2.14. The predicted octanol–water partition coefficient (Wildman–Crippen LogP) is 2.34. The highest BCUT2D eigenvalue weighted by molar-refractivity contribution is 5.96. The first-order valence-corrected chi connectivity index (χ1v) is 5.94. The summed E-state index contributed by atoms with van der Waals surface area (Å²) in [5.74, 6) is -3.85. The molecule has 0 fully saturated rings. The molecule has 0 saturated heterocycles. The molecule has 0 aliphatic heterocycles. The number of rotatable bonds is 6. The van der Waals surface area contributed by atoms with Crippen molar-refractivity contribution in [2.45, 2.75) is 32.2 Å². The summed E-state index contributed by atoms with van der Waals surface area (Å²) in [5.41, 5.74) is -0.371. The highest BCUT2D eigenvalue weighted by atomic mass is 19.1. The summed E-state index contributed by atoms with van der Waals surface area (Å²) in [5, 5.41) is 11.2. The van der Waals surface area contributed by atoms with Gasteiger partial charge in [-0.15, -0.1) is 0 Å². The first kappa shape index (κ1) is 15.1. The van der Waals surface area contributed by atoms with Crippen molar-refractivity contribution in [2.24, 2.45) is 0 Å². The van der Waals surface area contributed by atoms with Crippen LogP contribution in [0.5, 0.6) is 0 Å². The van der Waals surface area contributed by atoms with Crippen LogP contribution in [0, 0.1) is 11.6 Å². The van der Waals surface area contributed by atoms with Crippen molar-refractivity contribution in [3.63, 3.8) is 0 Å². The summed E-state index contributed by atoms with van der Waals surface area (Å²) in [6.07, 6.45) is 1.67. The molecule has 6 heteroatoms. The van der Waals surface area contributed by atoms with Crippen molar-refractivity contribution >= 4 is 11.9 Å². The van der Waals surface area contributed by atoms with E-state index < -0.39 is 29.6 Å². The van der Waals surface area contributed by atoms with Crippen molar-refractivity contribution in [3.05, 3.63) is 35.4 Å². The third kappa shape index (κ3) is 4.31. The van der Waals surface area contributed by atoms with Crippen molar-refractivity contribution in [3.8, 4) is 0 Å². The van der Waals surface area contributed by atoms with Gasteiger partial charge < -0.3 is 10.4 Å². The minimum absolute atomic E-state index is 0.264. The molecule has 4 nitrogen and oxygen atoms in total. The van der Waals surface area contributed by atoms with E-state index in [9.17, 15) is 18.4 Å². The first-order valence-electron chi connectivity index (χ1n) is 5.94. The molecule has 2 N–H and O–H groups in total. The van der Waals surface area contributed by atoms with E-state index in [2.05, 4.69) is 5.32 Å². The van der Waals surface area contributed by atoms with Crippen molar-refractivity contribution in [1.29, 1.82) is 0 Å². The maximum absolute atomic E-state index is 13.4. The molecule has 1 aromatic carbocycles. The summed E-state index contributed by atoms with van der Waals surface area (Å²) in [6.45, 7) is 1.89. The van der Waals surface area contributed by atoms with Crippen LogP contribution >= 0.6 is 0 Å². The molecule has 0 heterocycles. The fourth-order valence-corrected chi connectivity index (χ4v) is 1.58. The summed E-state index contributed by atoms with van der Waals surface area (Å²) in [4.78, 5) is 22.7. The average Bonchev–Trinajstić information content (AvgIpc) is 2.33. The number of carboxylic acid groups (broad SMARTS) is 1. The van der Waals surface area contributed by atoms with E-state index in [1.165, 1.54) is 0 Å². The zero-order chi connectivity index (χ0) is 14.4. The zero-order valence-corrected chi connectivity index (χ0v) is 10.5. The first-order chi connectivity index (χ1) is 8.95. The molecule has 0 aliphatic rings. The van der Waals surface area contributed by atoms with Crippen LogP contribution in [0.2, 0.25) is 0 Å². The lowest BCUT2D eigenvalue weighted by molar-refractivity contribution is -0.139. The number of aliphatic carboxylic acids is 1. The number of carbonyl (C=O) groups is 2. The molecule has 0 radical (unpaired) electrons. The molecule has 0 bridgehead atoms. The van der Waals surface area contributed by atoms with E-state index in [0.29, 0.717) is 12.5 Å². The van der Waals surface area contributed by atoms with Crippen molar-refractivity contribution in [1.82, 2.24) is 5.32 Å². The standard InChI is InChI=1S/C13H15F2NO3/c1-2-3-4-11(13(18)19)16-12(17)9-6-5-8(14)7-10(9)15/h5-7,11H,2-4H2,1H3,(H,16,17)(H,18,19)/t11-/m1/s1. The van der Waals surface area contributed by atoms with Gasteiger partial charge in [-0.2, -0.15) is 0 Å². The Kier molecular flexibility index (Phi) is 5.41. The van der Waals surface area contributed by atoms with Gasteiger partial charge in [0.2, 0.25) is 0 Å². The summed E-state index contributed by atoms with van der Waals surface area (Å²) >= 11 is 0. The molecule has 1 atom stereocenters. The minimum Gasteiger partial charge on any atom is -0.480 e. The molecule has 0 aliphatic carbocycles. The number of carbonyl (C=O) groups excluding carboxylic acids is 1. The molecule has 104 valence electrons. The number of carboxylic acids is 1. The number of unbranched alkanes of at least 4 members (excludes halogenated alkanes) is 1. The number of hydrogen-bond donors (Lipinski definition) is 2. The fraction of sp³-hybridized carbons (Fsp3) is 0.385. The fourth-order valence-electron chi connectivity index (χ4n) is 1.58.